The maximum atomic E-state index is 13.1. The van der Waals surface area contributed by atoms with E-state index in [-0.39, 0.29) is 5.91 Å². The summed E-state index contributed by atoms with van der Waals surface area (Å²) in [6, 6.07) is 9.29. The zero-order valence-electron chi connectivity index (χ0n) is 15.6. The van der Waals surface area contributed by atoms with E-state index < -0.39 is 0 Å². The molecule has 0 saturated carbocycles. The highest BCUT2D eigenvalue weighted by Crippen LogP contribution is 2.26. The maximum absolute atomic E-state index is 13.1. The number of ether oxygens (including phenoxy) is 2. The molecule has 144 valence electrons. The van der Waals surface area contributed by atoms with Crippen molar-refractivity contribution in [2.45, 2.75) is 6.42 Å². The summed E-state index contributed by atoms with van der Waals surface area (Å²) in [6.07, 6.45) is 4.35. The van der Waals surface area contributed by atoms with Crippen molar-refractivity contribution in [1.82, 2.24) is 9.88 Å². The molecule has 2 aromatic rings. The summed E-state index contributed by atoms with van der Waals surface area (Å²) in [7, 11) is 1.59. The third-order valence-corrected chi connectivity index (χ3v) is 4.60. The number of methoxy groups -OCH3 is 1. The van der Waals surface area contributed by atoms with Crippen molar-refractivity contribution in [3.63, 3.8) is 0 Å². The van der Waals surface area contributed by atoms with E-state index in [1.54, 1.807) is 31.5 Å². The minimum absolute atomic E-state index is 0.0394. The number of benzene rings is 1. The fourth-order valence-corrected chi connectivity index (χ4v) is 3.07. The molecule has 0 bridgehead atoms. The van der Waals surface area contributed by atoms with E-state index in [4.69, 9.17) is 15.2 Å². The lowest BCUT2D eigenvalue weighted by atomic mass is 10.1. The average molecular weight is 370 g/mol. The van der Waals surface area contributed by atoms with Crippen molar-refractivity contribution >= 4 is 11.6 Å². The predicted octanol–water partition coefficient (Wildman–Crippen LogP) is 1.78. The first-order chi connectivity index (χ1) is 13.2. The smallest absolute Gasteiger partial charge is 0.257 e. The van der Waals surface area contributed by atoms with Crippen LogP contribution in [0.15, 0.2) is 42.7 Å². The number of piperazine rings is 1. The van der Waals surface area contributed by atoms with Crippen molar-refractivity contribution in [2.75, 3.05) is 51.3 Å². The van der Waals surface area contributed by atoms with Gasteiger partial charge in [0.1, 0.15) is 11.5 Å². The number of hydrogen-bond donors (Lipinski definition) is 1. The Balaban J connectivity index is 1.70. The number of hydrogen-bond acceptors (Lipinski definition) is 6. The largest absolute Gasteiger partial charge is 0.497 e. The molecule has 1 aliphatic heterocycles. The Morgan fingerprint density at radius 2 is 2.04 bits per heavy atom. The number of rotatable bonds is 7. The summed E-state index contributed by atoms with van der Waals surface area (Å²) < 4.78 is 11.1. The summed E-state index contributed by atoms with van der Waals surface area (Å²) in [5, 5.41) is 0. The Hall–Kier alpha value is -2.80. The van der Waals surface area contributed by atoms with E-state index in [0.29, 0.717) is 43.3 Å². The molecule has 1 aromatic carbocycles. The molecule has 27 heavy (non-hydrogen) atoms. The zero-order valence-corrected chi connectivity index (χ0v) is 15.6. The van der Waals surface area contributed by atoms with E-state index in [0.717, 1.165) is 25.2 Å². The Morgan fingerprint density at radius 3 is 2.70 bits per heavy atom. The quantitative estimate of drug-likeness (QED) is 0.749. The maximum Gasteiger partial charge on any atom is 0.257 e. The van der Waals surface area contributed by atoms with Gasteiger partial charge in [0.15, 0.2) is 0 Å². The number of carbonyl (C=O) groups is 1. The molecule has 2 N–H and O–H groups in total. The number of nitrogens with zero attached hydrogens (tertiary/aromatic N) is 3. The van der Waals surface area contributed by atoms with Crippen molar-refractivity contribution in [1.29, 1.82) is 0 Å². The zero-order chi connectivity index (χ0) is 19.1. The molecule has 0 aliphatic carbocycles. The first-order valence-corrected chi connectivity index (χ1v) is 9.18. The van der Waals surface area contributed by atoms with E-state index >= 15 is 0 Å². The van der Waals surface area contributed by atoms with Crippen LogP contribution in [0.4, 0.5) is 5.69 Å². The second-order valence-corrected chi connectivity index (χ2v) is 6.34. The van der Waals surface area contributed by atoms with Crippen LogP contribution in [0, 0.1) is 0 Å². The molecule has 0 radical (unpaired) electrons. The van der Waals surface area contributed by atoms with Crippen LogP contribution in [0.3, 0.4) is 0 Å². The molecule has 1 amide bonds. The SMILES string of the molecule is COc1ccc(OCCCN)c(C(=O)N2CCN(c3cccnc3)CC2)c1. The van der Waals surface area contributed by atoms with Crippen molar-refractivity contribution in [3.05, 3.63) is 48.3 Å². The van der Waals surface area contributed by atoms with Crippen molar-refractivity contribution in [3.8, 4) is 11.5 Å². The topological polar surface area (TPSA) is 80.9 Å². The van der Waals surface area contributed by atoms with Gasteiger partial charge in [-0.05, 0) is 43.3 Å². The van der Waals surface area contributed by atoms with E-state index in [2.05, 4.69) is 9.88 Å². The molecule has 2 heterocycles. The summed E-state index contributed by atoms with van der Waals surface area (Å²) in [5.74, 6) is 1.17. The molecule has 1 aromatic heterocycles. The van der Waals surface area contributed by atoms with Crippen LogP contribution in [-0.2, 0) is 0 Å². The molecule has 0 atom stereocenters. The number of pyridine rings is 1. The van der Waals surface area contributed by atoms with Gasteiger partial charge in [0.2, 0.25) is 0 Å². The molecular formula is C20H26N4O3. The third-order valence-electron chi connectivity index (χ3n) is 4.60. The van der Waals surface area contributed by atoms with Crippen LogP contribution in [0.2, 0.25) is 0 Å². The Labute approximate surface area is 159 Å². The van der Waals surface area contributed by atoms with E-state index in [1.807, 2.05) is 23.2 Å². The molecule has 1 aliphatic rings. The van der Waals surface area contributed by atoms with E-state index in [9.17, 15) is 4.79 Å². The van der Waals surface area contributed by atoms with Crippen molar-refractivity contribution in [2.24, 2.45) is 5.73 Å². The fraction of sp³-hybridized carbons (Fsp3) is 0.400. The number of nitrogens with two attached hydrogens (primary N) is 1. The second kappa shape index (κ2) is 9.23. The molecule has 0 unspecified atom stereocenters. The summed E-state index contributed by atoms with van der Waals surface area (Å²) >= 11 is 0. The van der Waals surface area contributed by atoms with Crippen LogP contribution in [0.5, 0.6) is 11.5 Å². The third kappa shape index (κ3) is 4.68. The van der Waals surface area contributed by atoms with E-state index in [1.165, 1.54) is 0 Å². The first-order valence-electron chi connectivity index (χ1n) is 9.18. The minimum atomic E-state index is -0.0394. The number of anilines is 1. The highest BCUT2D eigenvalue weighted by Gasteiger charge is 2.25. The Kier molecular flexibility index (Phi) is 6.49. The van der Waals surface area contributed by atoms with Gasteiger partial charge in [0.25, 0.3) is 5.91 Å². The number of amides is 1. The minimum Gasteiger partial charge on any atom is -0.497 e. The average Bonchev–Trinajstić information content (AvgIpc) is 2.74. The normalized spacial score (nSPS) is 14.1. The van der Waals surface area contributed by atoms with Gasteiger partial charge in [-0.3, -0.25) is 9.78 Å². The van der Waals surface area contributed by atoms with Gasteiger partial charge >= 0.3 is 0 Å². The molecule has 7 heteroatoms. The number of aromatic nitrogens is 1. The molecule has 3 rings (SSSR count). The summed E-state index contributed by atoms with van der Waals surface area (Å²) in [5.41, 5.74) is 7.14. The first kappa shape index (κ1) is 19.0. The lowest BCUT2D eigenvalue weighted by Gasteiger charge is -2.36. The van der Waals surface area contributed by atoms with Gasteiger partial charge in [0.05, 0.1) is 31.2 Å². The predicted molar refractivity (Wildman–Crippen MR) is 105 cm³/mol. The van der Waals surface area contributed by atoms with Gasteiger partial charge in [-0.25, -0.2) is 0 Å². The highest BCUT2D eigenvalue weighted by atomic mass is 16.5. The Bertz CT molecular complexity index is 746. The van der Waals surface area contributed by atoms with Crippen LogP contribution in [0.1, 0.15) is 16.8 Å². The van der Waals surface area contributed by atoms with Gasteiger partial charge in [-0.15, -0.1) is 0 Å². The lowest BCUT2D eigenvalue weighted by molar-refractivity contribution is 0.0742. The molecule has 1 saturated heterocycles. The lowest BCUT2D eigenvalue weighted by Crippen LogP contribution is -2.48. The molecule has 0 spiro atoms. The summed E-state index contributed by atoms with van der Waals surface area (Å²) in [4.78, 5) is 21.4. The van der Waals surface area contributed by atoms with Gasteiger partial charge < -0.3 is 25.0 Å². The molecule has 1 fully saturated rings. The van der Waals surface area contributed by atoms with Gasteiger partial charge in [0, 0.05) is 32.4 Å². The molecule has 7 nitrogen and oxygen atoms in total. The summed E-state index contributed by atoms with van der Waals surface area (Å²) in [6.45, 7) is 3.86. The Morgan fingerprint density at radius 1 is 1.22 bits per heavy atom. The van der Waals surface area contributed by atoms with Crippen LogP contribution >= 0.6 is 0 Å². The highest BCUT2D eigenvalue weighted by molar-refractivity contribution is 5.97. The van der Waals surface area contributed by atoms with Crippen LogP contribution < -0.4 is 20.1 Å². The number of carbonyl (C=O) groups excluding carboxylic acids is 1. The van der Waals surface area contributed by atoms with Crippen LogP contribution in [0.25, 0.3) is 0 Å². The van der Waals surface area contributed by atoms with Crippen LogP contribution in [-0.4, -0.2) is 62.2 Å². The van der Waals surface area contributed by atoms with Crippen molar-refractivity contribution < 1.29 is 14.3 Å². The fourth-order valence-electron chi connectivity index (χ4n) is 3.07. The van der Waals surface area contributed by atoms with Gasteiger partial charge in [-0.2, -0.15) is 0 Å². The second-order valence-electron chi connectivity index (χ2n) is 6.34. The monoisotopic (exact) mass is 370 g/mol. The van der Waals surface area contributed by atoms with Gasteiger partial charge in [-0.1, -0.05) is 0 Å². The standard InChI is InChI=1S/C20H26N4O3/c1-26-17-5-6-19(27-13-3-7-21)18(14-17)20(25)24-11-9-23(10-12-24)16-4-2-8-22-15-16/h2,4-6,8,14-15H,3,7,9-13,21H2,1H3. The molecular weight excluding hydrogens is 344 g/mol.